The molecule has 2 aromatic rings. The lowest BCUT2D eigenvalue weighted by Gasteiger charge is -2.24. The molecule has 19 heavy (non-hydrogen) atoms. The molecule has 0 aliphatic carbocycles. The Labute approximate surface area is 115 Å². The Morgan fingerprint density at radius 3 is 2.95 bits per heavy atom. The number of nitrogens with one attached hydrogen (secondary N) is 1. The molecule has 0 radical (unpaired) electrons. The van der Waals surface area contributed by atoms with E-state index in [2.05, 4.69) is 10.3 Å². The van der Waals surface area contributed by atoms with E-state index in [0.717, 1.165) is 6.42 Å². The van der Waals surface area contributed by atoms with Crippen LogP contribution in [0.2, 0.25) is 0 Å². The molecule has 1 N–H and O–H groups in total. The first-order valence-corrected chi connectivity index (χ1v) is 7.04. The van der Waals surface area contributed by atoms with E-state index in [-0.39, 0.29) is 23.6 Å². The summed E-state index contributed by atoms with van der Waals surface area (Å²) in [5, 5.41) is 4.72. The lowest BCUT2D eigenvalue weighted by Crippen LogP contribution is -2.45. The number of hydrogen-bond donors (Lipinski definition) is 1. The van der Waals surface area contributed by atoms with Crippen molar-refractivity contribution in [1.82, 2.24) is 14.9 Å². The third kappa shape index (κ3) is 3.01. The maximum absolute atomic E-state index is 12.1. The number of carbonyl (C=O) groups is 1. The smallest absolute Gasteiger partial charge is 0.271 e. The van der Waals surface area contributed by atoms with Crippen LogP contribution in [0.4, 0.5) is 0 Å². The average molecular weight is 279 g/mol. The van der Waals surface area contributed by atoms with Crippen LogP contribution >= 0.6 is 11.3 Å². The van der Waals surface area contributed by atoms with Gasteiger partial charge in [-0.15, -0.1) is 11.3 Å². The monoisotopic (exact) mass is 279 g/mol. The highest BCUT2D eigenvalue weighted by atomic mass is 32.1. The van der Waals surface area contributed by atoms with Crippen molar-refractivity contribution in [2.75, 3.05) is 0 Å². The van der Waals surface area contributed by atoms with Gasteiger partial charge in [-0.25, -0.2) is 4.98 Å². The number of rotatable bonds is 4. The second-order valence-electron chi connectivity index (χ2n) is 5.10. The lowest BCUT2D eigenvalue weighted by molar-refractivity contribution is -0.123. The molecule has 0 unspecified atom stereocenters. The van der Waals surface area contributed by atoms with Gasteiger partial charge in [-0.1, -0.05) is 6.92 Å². The predicted octanol–water partition coefficient (Wildman–Crippen LogP) is 1.76. The molecule has 0 saturated carbocycles. The Kier molecular flexibility index (Phi) is 3.71. The zero-order valence-electron chi connectivity index (χ0n) is 11.3. The molecule has 2 rings (SSSR count). The van der Waals surface area contributed by atoms with Crippen molar-refractivity contribution >= 4 is 27.5 Å². The zero-order valence-corrected chi connectivity index (χ0v) is 12.1. The maximum atomic E-state index is 12.1. The minimum atomic E-state index is -0.263. The van der Waals surface area contributed by atoms with Crippen LogP contribution in [0.3, 0.4) is 0 Å². The lowest BCUT2D eigenvalue weighted by atomic mass is 10.0. The number of aromatic nitrogens is 2. The van der Waals surface area contributed by atoms with Crippen molar-refractivity contribution in [2.45, 2.75) is 39.3 Å². The first kappa shape index (κ1) is 13.7. The minimum absolute atomic E-state index is 0.00308. The molecule has 6 heteroatoms. The second-order valence-corrected chi connectivity index (χ2v) is 6.01. The molecule has 0 aliphatic rings. The third-order valence-corrected chi connectivity index (χ3v) is 4.00. The largest absolute Gasteiger partial charge is 0.350 e. The fourth-order valence-corrected chi connectivity index (χ4v) is 2.44. The summed E-state index contributed by atoms with van der Waals surface area (Å²) >= 11 is 1.35. The summed E-state index contributed by atoms with van der Waals surface area (Å²) in [6.45, 7) is 5.91. The van der Waals surface area contributed by atoms with Crippen LogP contribution < -0.4 is 10.9 Å². The van der Waals surface area contributed by atoms with Crippen molar-refractivity contribution in [3.63, 3.8) is 0 Å². The van der Waals surface area contributed by atoms with Gasteiger partial charge in [-0.3, -0.25) is 14.2 Å². The first-order valence-electron chi connectivity index (χ1n) is 6.16. The number of thiophene rings is 1. The van der Waals surface area contributed by atoms with Crippen molar-refractivity contribution in [3.05, 3.63) is 28.1 Å². The fourth-order valence-electron chi connectivity index (χ4n) is 1.65. The van der Waals surface area contributed by atoms with Crippen molar-refractivity contribution < 1.29 is 4.79 Å². The summed E-state index contributed by atoms with van der Waals surface area (Å²) < 4.78 is 1.94. The number of carbonyl (C=O) groups excluding carboxylic acids is 1. The van der Waals surface area contributed by atoms with Crippen LogP contribution in [-0.4, -0.2) is 21.0 Å². The Balaban J connectivity index is 2.20. The number of fused-ring (bicyclic) bond motifs is 1. The van der Waals surface area contributed by atoms with Gasteiger partial charge in [0.05, 0.1) is 11.8 Å². The highest BCUT2D eigenvalue weighted by molar-refractivity contribution is 7.17. The highest BCUT2D eigenvalue weighted by Crippen LogP contribution is 2.13. The van der Waals surface area contributed by atoms with E-state index in [1.807, 2.05) is 26.2 Å². The number of hydrogen-bond acceptors (Lipinski definition) is 4. The predicted molar refractivity (Wildman–Crippen MR) is 76.4 cm³/mol. The zero-order chi connectivity index (χ0) is 14.0. The molecular weight excluding hydrogens is 262 g/mol. The molecule has 0 fully saturated rings. The normalized spacial score (nSPS) is 11.7. The van der Waals surface area contributed by atoms with Gasteiger partial charge in [0.2, 0.25) is 5.91 Å². The Morgan fingerprint density at radius 1 is 1.53 bits per heavy atom. The van der Waals surface area contributed by atoms with Crippen LogP contribution in [0.5, 0.6) is 0 Å². The van der Waals surface area contributed by atoms with Gasteiger partial charge in [0.25, 0.3) is 5.56 Å². The summed E-state index contributed by atoms with van der Waals surface area (Å²) in [4.78, 5) is 28.2. The van der Waals surface area contributed by atoms with Crippen molar-refractivity contribution in [1.29, 1.82) is 0 Å². The quantitative estimate of drug-likeness (QED) is 0.927. The first-order chi connectivity index (χ1) is 8.93. The van der Waals surface area contributed by atoms with Crippen LogP contribution in [0.25, 0.3) is 10.2 Å². The molecule has 102 valence electrons. The summed E-state index contributed by atoms with van der Waals surface area (Å²) in [5.74, 6) is -0.174. The second kappa shape index (κ2) is 5.13. The van der Waals surface area contributed by atoms with E-state index in [4.69, 9.17) is 0 Å². The highest BCUT2D eigenvalue weighted by Gasteiger charge is 2.18. The van der Waals surface area contributed by atoms with Crippen LogP contribution in [0, 0.1) is 0 Å². The SMILES string of the molecule is CCC(C)(C)NC(=O)Cn1cnc2ccsc2c1=O. The minimum Gasteiger partial charge on any atom is -0.350 e. The molecule has 0 aliphatic heterocycles. The van der Waals surface area contributed by atoms with Crippen LogP contribution in [-0.2, 0) is 11.3 Å². The van der Waals surface area contributed by atoms with Gasteiger partial charge >= 0.3 is 0 Å². The van der Waals surface area contributed by atoms with Gasteiger partial charge in [0.1, 0.15) is 11.2 Å². The third-order valence-electron chi connectivity index (χ3n) is 3.11. The Bertz CT molecular complexity index is 657. The molecule has 0 bridgehead atoms. The molecule has 5 nitrogen and oxygen atoms in total. The van der Waals surface area contributed by atoms with Gasteiger partial charge in [0, 0.05) is 5.54 Å². The topological polar surface area (TPSA) is 64.0 Å². The molecule has 0 atom stereocenters. The van der Waals surface area contributed by atoms with Gasteiger partial charge in [0.15, 0.2) is 0 Å². The van der Waals surface area contributed by atoms with Crippen molar-refractivity contribution in [3.8, 4) is 0 Å². The summed E-state index contributed by atoms with van der Waals surface area (Å²) in [7, 11) is 0. The Morgan fingerprint density at radius 2 is 2.26 bits per heavy atom. The van der Waals surface area contributed by atoms with E-state index in [9.17, 15) is 9.59 Å². The van der Waals surface area contributed by atoms with E-state index >= 15 is 0 Å². The summed E-state index contributed by atoms with van der Waals surface area (Å²) in [6, 6.07) is 1.80. The molecule has 1 amide bonds. The number of nitrogens with zero attached hydrogens (tertiary/aromatic N) is 2. The van der Waals surface area contributed by atoms with Crippen molar-refractivity contribution in [2.24, 2.45) is 0 Å². The molecule has 0 spiro atoms. The Hall–Kier alpha value is -1.69. The van der Waals surface area contributed by atoms with Gasteiger partial charge < -0.3 is 5.32 Å². The van der Waals surface area contributed by atoms with Crippen LogP contribution in [0.15, 0.2) is 22.6 Å². The fraction of sp³-hybridized carbons (Fsp3) is 0.462. The summed E-state index contributed by atoms with van der Waals surface area (Å²) in [5.41, 5.74) is 0.256. The van der Waals surface area contributed by atoms with E-state index in [1.165, 1.54) is 22.2 Å². The maximum Gasteiger partial charge on any atom is 0.271 e. The van der Waals surface area contributed by atoms with E-state index < -0.39 is 0 Å². The molecule has 2 aromatic heterocycles. The van der Waals surface area contributed by atoms with Gasteiger partial charge in [-0.05, 0) is 31.7 Å². The average Bonchev–Trinajstić information content (AvgIpc) is 2.81. The van der Waals surface area contributed by atoms with Crippen LogP contribution in [0.1, 0.15) is 27.2 Å². The van der Waals surface area contributed by atoms with E-state index in [1.54, 1.807) is 6.07 Å². The van der Waals surface area contributed by atoms with E-state index in [0.29, 0.717) is 10.2 Å². The molecular formula is C13H17N3O2S. The molecule has 2 heterocycles. The van der Waals surface area contributed by atoms with Gasteiger partial charge in [-0.2, -0.15) is 0 Å². The molecule has 0 aromatic carbocycles. The molecule has 0 saturated heterocycles. The number of amides is 1. The summed E-state index contributed by atoms with van der Waals surface area (Å²) in [6.07, 6.45) is 2.26. The standard InChI is InChI=1S/C13H17N3O2S/c1-4-13(2,3)15-10(17)7-16-8-14-9-5-6-19-11(9)12(16)18/h5-6,8H,4,7H2,1-3H3,(H,15,17).